The fourth-order valence-electron chi connectivity index (χ4n) is 2.98. The van der Waals surface area contributed by atoms with Gasteiger partial charge >= 0.3 is 5.69 Å². The zero-order valence-electron chi connectivity index (χ0n) is 15.2. The van der Waals surface area contributed by atoms with Crippen molar-refractivity contribution in [1.29, 1.82) is 0 Å². The van der Waals surface area contributed by atoms with Crippen LogP contribution in [0.15, 0.2) is 64.5 Å². The van der Waals surface area contributed by atoms with Crippen molar-refractivity contribution >= 4 is 17.4 Å². The molecule has 2 aromatic heterocycles. The Bertz CT molecular complexity index is 1220. The maximum Gasteiger partial charge on any atom is 0.350 e. The van der Waals surface area contributed by atoms with E-state index in [1.165, 1.54) is 24.3 Å². The van der Waals surface area contributed by atoms with Crippen LogP contribution in [0.25, 0.3) is 16.8 Å². The Labute approximate surface area is 167 Å². The Hall–Kier alpha value is -3.07. The average Bonchev–Trinajstić information content (AvgIpc) is 3.04. The lowest BCUT2D eigenvalue weighted by atomic mass is 10.1. The molecule has 0 aliphatic heterocycles. The van der Waals surface area contributed by atoms with Crippen molar-refractivity contribution in [2.24, 2.45) is 0 Å². The van der Waals surface area contributed by atoms with Crippen LogP contribution < -0.4 is 5.69 Å². The second kappa shape index (κ2) is 7.40. The van der Waals surface area contributed by atoms with Gasteiger partial charge in [0.25, 0.3) is 5.92 Å². The van der Waals surface area contributed by atoms with Gasteiger partial charge in [0.2, 0.25) is 0 Å². The largest absolute Gasteiger partial charge is 0.350 e. The molecule has 0 saturated carbocycles. The maximum atomic E-state index is 14.4. The molecule has 4 rings (SSSR count). The summed E-state index contributed by atoms with van der Waals surface area (Å²) < 4.78 is 43.2. The van der Waals surface area contributed by atoms with Crippen LogP contribution in [0.3, 0.4) is 0 Å². The van der Waals surface area contributed by atoms with E-state index in [0.717, 1.165) is 16.3 Å². The summed E-state index contributed by atoms with van der Waals surface area (Å²) in [6, 6.07) is 13.2. The second-order valence-electron chi connectivity index (χ2n) is 6.41. The number of nitrogens with one attached hydrogen (secondary N) is 1. The number of H-pyrrole nitrogens is 1. The molecule has 0 fully saturated rings. The molecule has 2 aromatic carbocycles. The summed E-state index contributed by atoms with van der Waals surface area (Å²) in [6.07, 6.45) is 0. The zero-order valence-corrected chi connectivity index (χ0v) is 16.0. The molecule has 0 unspecified atom stereocenters. The minimum Gasteiger partial charge on any atom is -0.285 e. The summed E-state index contributed by atoms with van der Waals surface area (Å²) in [5.41, 5.74) is 1.23. The number of thioether (sulfide) groups is 1. The molecular weight excluding hydrogens is 401 g/mol. The third-order valence-electron chi connectivity index (χ3n) is 4.37. The van der Waals surface area contributed by atoms with Crippen LogP contribution in [0.1, 0.15) is 11.3 Å². The minimum absolute atomic E-state index is 0.0568. The lowest BCUT2D eigenvalue weighted by molar-refractivity contribution is 0.0231. The normalized spacial score (nSPS) is 11.9. The lowest BCUT2D eigenvalue weighted by Gasteiger charge is -2.15. The first-order valence-electron chi connectivity index (χ1n) is 8.67. The number of rotatable bonds is 5. The molecule has 0 aliphatic rings. The number of fused-ring (bicyclic) bond motifs is 1. The Morgan fingerprint density at radius 2 is 1.79 bits per heavy atom. The van der Waals surface area contributed by atoms with Gasteiger partial charge in [0.05, 0.1) is 11.4 Å². The highest BCUT2D eigenvalue weighted by atomic mass is 32.2. The van der Waals surface area contributed by atoms with Gasteiger partial charge in [-0.1, -0.05) is 54.2 Å². The molecule has 0 amide bonds. The van der Waals surface area contributed by atoms with E-state index in [-0.39, 0.29) is 16.4 Å². The van der Waals surface area contributed by atoms with Gasteiger partial charge in [-0.15, -0.1) is 0 Å². The molecule has 0 bridgehead atoms. The molecule has 0 aliphatic carbocycles. The van der Waals surface area contributed by atoms with Crippen molar-refractivity contribution in [2.75, 3.05) is 5.75 Å². The van der Waals surface area contributed by atoms with Crippen molar-refractivity contribution in [3.63, 3.8) is 0 Å². The van der Waals surface area contributed by atoms with Crippen LogP contribution in [-0.4, -0.2) is 25.3 Å². The molecule has 9 heteroatoms. The van der Waals surface area contributed by atoms with E-state index in [1.807, 2.05) is 0 Å². The summed E-state index contributed by atoms with van der Waals surface area (Å²) in [4.78, 5) is 19.2. The summed E-state index contributed by atoms with van der Waals surface area (Å²) in [7, 11) is 0. The summed E-state index contributed by atoms with van der Waals surface area (Å²) in [5, 5.41) is 4.23. The molecule has 4 aromatic rings. The highest BCUT2D eigenvalue weighted by Gasteiger charge is 2.32. The Morgan fingerprint density at radius 3 is 2.48 bits per heavy atom. The van der Waals surface area contributed by atoms with Crippen molar-refractivity contribution in [2.45, 2.75) is 18.0 Å². The predicted octanol–water partition coefficient (Wildman–Crippen LogP) is 4.42. The van der Waals surface area contributed by atoms with E-state index in [4.69, 9.17) is 0 Å². The number of alkyl halides is 2. The lowest BCUT2D eigenvalue weighted by Crippen LogP contribution is -2.21. The Morgan fingerprint density at radius 1 is 1.10 bits per heavy atom. The molecule has 148 valence electrons. The number of aromatic amines is 1. The van der Waals surface area contributed by atoms with Gasteiger partial charge in [0.15, 0.2) is 10.8 Å². The molecule has 0 saturated heterocycles. The minimum atomic E-state index is -3.09. The monoisotopic (exact) mass is 416 g/mol. The van der Waals surface area contributed by atoms with Crippen LogP contribution in [0.2, 0.25) is 0 Å². The topological polar surface area (TPSA) is 63.1 Å². The molecule has 0 spiro atoms. The molecule has 29 heavy (non-hydrogen) atoms. The van der Waals surface area contributed by atoms with Gasteiger partial charge in [0.1, 0.15) is 5.82 Å². The fourth-order valence-corrected chi connectivity index (χ4v) is 3.77. The average molecular weight is 416 g/mol. The second-order valence-corrected chi connectivity index (χ2v) is 7.37. The van der Waals surface area contributed by atoms with Gasteiger partial charge in [-0.25, -0.2) is 22.9 Å². The number of hydrogen-bond donors (Lipinski definition) is 1. The highest BCUT2D eigenvalue weighted by molar-refractivity contribution is 7.99. The van der Waals surface area contributed by atoms with Crippen molar-refractivity contribution in [3.05, 3.63) is 82.2 Å². The Kier molecular flexibility index (Phi) is 4.91. The van der Waals surface area contributed by atoms with E-state index in [2.05, 4.69) is 15.1 Å². The van der Waals surface area contributed by atoms with Crippen LogP contribution in [0.4, 0.5) is 13.2 Å². The Balaban J connectivity index is 1.70. The summed E-state index contributed by atoms with van der Waals surface area (Å²) in [6.45, 7) is 1.70. The van der Waals surface area contributed by atoms with E-state index < -0.39 is 23.2 Å². The molecule has 2 heterocycles. The molecular formula is C20H15F3N4OS. The molecule has 1 N–H and O–H groups in total. The summed E-state index contributed by atoms with van der Waals surface area (Å²) >= 11 is 0.749. The van der Waals surface area contributed by atoms with Gasteiger partial charge < -0.3 is 0 Å². The first-order valence-corrected chi connectivity index (χ1v) is 9.65. The number of nitrogens with zero attached hydrogens (tertiary/aromatic N) is 3. The van der Waals surface area contributed by atoms with Crippen molar-refractivity contribution in [3.8, 4) is 11.1 Å². The van der Waals surface area contributed by atoms with Gasteiger partial charge in [-0.05, 0) is 24.6 Å². The van der Waals surface area contributed by atoms with Crippen LogP contribution >= 0.6 is 11.8 Å². The number of aromatic nitrogens is 4. The maximum absolute atomic E-state index is 14.4. The SMILES string of the molecule is Cc1nn2c(=O)[nH]c(SCC(F)(F)c3ccccc3)nc2c1-c1ccc(F)cc1. The van der Waals surface area contributed by atoms with Gasteiger partial charge in [-0.3, -0.25) is 4.98 Å². The number of halogens is 3. The number of benzene rings is 2. The number of aryl methyl sites for hydroxylation is 1. The van der Waals surface area contributed by atoms with E-state index in [1.54, 1.807) is 37.3 Å². The summed E-state index contributed by atoms with van der Waals surface area (Å²) in [5.74, 6) is -4.07. The van der Waals surface area contributed by atoms with Crippen molar-refractivity contribution < 1.29 is 13.2 Å². The fraction of sp³-hybridized carbons (Fsp3) is 0.150. The quantitative estimate of drug-likeness (QED) is 0.490. The molecule has 0 atom stereocenters. The third-order valence-corrected chi connectivity index (χ3v) is 5.34. The van der Waals surface area contributed by atoms with E-state index in [0.29, 0.717) is 16.8 Å². The first-order chi connectivity index (χ1) is 13.8. The van der Waals surface area contributed by atoms with E-state index >= 15 is 0 Å². The van der Waals surface area contributed by atoms with Crippen LogP contribution in [0.5, 0.6) is 0 Å². The molecule has 5 nitrogen and oxygen atoms in total. The van der Waals surface area contributed by atoms with Crippen LogP contribution in [-0.2, 0) is 5.92 Å². The van der Waals surface area contributed by atoms with Crippen molar-refractivity contribution in [1.82, 2.24) is 19.6 Å². The third kappa shape index (κ3) is 3.77. The smallest absolute Gasteiger partial charge is 0.285 e. The standard InChI is InChI=1S/C20H15F3N4OS/c1-12-16(13-7-9-15(21)10-8-13)17-24-18(25-19(28)27(17)26-12)29-11-20(22,23)14-5-3-2-4-6-14/h2-10H,11H2,1H3,(H,24,25,28). The highest BCUT2D eigenvalue weighted by Crippen LogP contribution is 2.34. The van der Waals surface area contributed by atoms with Gasteiger partial charge in [0, 0.05) is 11.1 Å². The zero-order chi connectivity index (χ0) is 20.6. The van der Waals surface area contributed by atoms with Gasteiger partial charge in [-0.2, -0.15) is 9.61 Å². The van der Waals surface area contributed by atoms with Crippen LogP contribution in [0, 0.1) is 12.7 Å². The predicted molar refractivity (Wildman–Crippen MR) is 105 cm³/mol. The van der Waals surface area contributed by atoms with E-state index in [9.17, 15) is 18.0 Å². The molecule has 0 radical (unpaired) electrons. The first kappa shape index (κ1) is 19.3. The number of hydrogen-bond acceptors (Lipinski definition) is 4.